The molecule has 1 atom stereocenters. The quantitative estimate of drug-likeness (QED) is 0.572. The van der Waals surface area contributed by atoms with Crippen LogP contribution < -0.4 is 20.1 Å². The summed E-state index contributed by atoms with van der Waals surface area (Å²) in [6, 6.07) is 14.6. The molecule has 2 aromatic carbocycles. The van der Waals surface area contributed by atoms with Gasteiger partial charge in [-0.05, 0) is 30.7 Å². The highest BCUT2D eigenvalue weighted by Crippen LogP contribution is 2.28. The fourth-order valence-electron chi connectivity index (χ4n) is 2.87. The lowest BCUT2D eigenvalue weighted by atomic mass is 10.1. The average molecular weight is 426 g/mol. The number of rotatable bonds is 8. The molecule has 1 aromatic heterocycles. The van der Waals surface area contributed by atoms with Gasteiger partial charge in [-0.25, -0.2) is 4.98 Å². The van der Waals surface area contributed by atoms with Crippen molar-refractivity contribution in [3.05, 3.63) is 70.7 Å². The Kier molecular flexibility index (Phi) is 7.03. The number of nitrogens with one attached hydrogen (secondary N) is 2. The number of thiazole rings is 1. The van der Waals surface area contributed by atoms with E-state index in [9.17, 15) is 9.59 Å². The van der Waals surface area contributed by atoms with Crippen molar-refractivity contribution in [3.63, 3.8) is 0 Å². The van der Waals surface area contributed by atoms with Gasteiger partial charge in [0, 0.05) is 10.9 Å². The van der Waals surface area contributed by atoms with E-state index < -0.39 is 0 Å². The van der Waals surface area contributed by atoms with Crippen molar-refractivity contribution >= 4 is 28.3 Å². The summed E-state index contributed by atoms with van der Waals surface area (Å²) in [5.74, 6) is 0.559. The standard InChI is InChI=1S/C22H23N3O4S/c1-14(15-7-5-4-6-8-15)23-20(26)12-17-13-30-22(24-17)25-21(27)16-9-10-18(28-2)19(11-16)29-3/h4-11,13-14H,12H2,1-3H3,(H,23,26)(H,24,25,27)/t14-/m0/s1. The number of ether oxygens (including phenoxy) is 2. The first-order valence-electron chi connectivity index (χ1n) is 9.32. The van der Waals surface area contributed by atoms with Crippen molar-refractivity contribution in [1.29, 1.82) is 0 Å². The van der Waals surface area contributed by atoms with Crippen molar-refractivity contribution in [2.45, 2.75) is 19.4 Å². The molecule has 0 radical (unpaired) electrons. The molecule has 2 amide bonds. The van der Waals surface area contributed by atoms with E-state index in [4.69, 9.17) is 9.47 Å². The van der Waals surface area contributed by atoms with Gasteiger partial charge in [-0.15, -0.1) is 11.3 Å². The molecule has 0 saturated heterocycles. The number of carbonyl (C=O) groups is 2. The van der Waals surface area contributed by atoms with Crippen LogP contribution in [0.5, 0.6) is 11.5 Å². The van der Waals surface area contributed by atoms with E-state index >= 15 is 0 Å². The lowest BCUT2D eigenvalue weighted by molar-refractivity contribution is -0.121. The molecule has 7 nitrogen and oxygen atoms in total. The van der Waals surface area contributed by atoms with Crippen LogP contribution in [0.1, 0.15) is 34.6 Å². The van der Waals surface area contributed by atoms with Gasteiger partial charge in [0.1, 0.15) is 0 Å². The molecule has 156 valence electrons. The van der Waals surface area contributed by atoms with Gasteiger partial charge in [0.05, 0.1) is 32.4 Å². The highest BCUT2D eigenvalue weighted by atomic mass is 32.1. The summed E-state index contributed by atoms with van der Waals surface area (Å²) in [5, 5.41) is 7.89. The smallest absolute Gasteiger partial charge is 0.257 e. The molecule has 0 unspecified atom stereocenters. The minimum Gasteiger partial charge on any atom is -0.493 e. The number of benzene rings is 2. The van der Waals surface area contributed by atoms with Crippen molar-refractivity contribution in [2.75, 3.05) is 19.5 Å². The first-order valence-corrected chi connectivity index (χ1v) is 10.2. The maximum absolute atomic E-state index is 12.5. The van der Waals surface area contributed by atoms with Crippen LogP contribution in [0, 0.1) is 0 Å². The number of nitrogens with zero attached hydrogens (tertiary/aromatic N) is 1. The lowest BCUT2D eigenvalue weighted by Crippen LogP contribution is -2.28. The highest BCUT2D eigenvalue weighted by molar-refractivity contribution is 7.14. The van der Waals surface area contributed by atoms with Gasteiger partial charge in [0.2, 0.25) is 5.91 Å². The topological polar surface area (TPSA) is 89.5 Å². The van der Waals surface area contributed by atoms with Gasteiger partial charge >= 0.3 is 0 Å². The summed E-state index contributed by atoms with van der Waals surface area (Å²) < 4.78 is 10.4. The van der Waals surface area contributed by atoms with Gasteiger partial charge in [-0.2, -0.15) is 0 Å². The highest BCUT2D eigenvalue weighted by Gasteiger charge is 2.15. The molecule has 3 rings (SSSR count). The molecule has 0 aliphatic rings. The second-order valence-corrected chi connectivity index (χ2v) is 7.40. The first kappa shape index (κ1) is 21.3. The Morgan fingerprint density at radius 1 is 1.07 bits per heavy atom. The number of hydrogen-bond donors (Lipinski definition) is 2. The SMILES string of the molecule is COc1ccc(C(=O)Nc2nc(CC(=O)N[C@@H](C)c3ccccc3)cs2)cc1OC. The molecule has 8 heteroatoms. The molecule has 0 bridgehead atoms. The maximum Gasteiger partial charge on any atom is 0.257 e. The monoisotopic (exact) mass is 425 g/mol. The van der Waals surface area contributed by atoms with Gasteiger partial charge in [-0.1, -0.05) is 30.3 Å². The summed E-state index contributed by atoms with van der Waals surface area (Å²) in [7, 11) is 3.04. The normalized spacial score (nSPS) is 11.4. The number of aromatic nitrogens is 1. The Labute approximate surface area is 179 Å². The lowest BCUT2D eigenvalue weighted by Gasteiger charge is -2.13. The van der Waals surface area contributed by atoms with Gasteiger partial charge in [-0.3, -0.25) is 14.9 Å². The van der Waals surface area contributed by atoms with Crippen molar-refractivity contribution in [2.24, 2.45) is 0 Å². The van der Waals surface area contributed by atoms with Crippen LogP contribution in [0.2, 0.25) is 0 Å². The van der Waals surface area contributed by atoms with E-state index in [0.717, 1.165) is 5.56 Å². The fraction of sp³-hybridized carbons (Fsp3) is 0.227. The molecule has 0 aliphatic heterocycles. The number of amides is 2. The van der Waals surface area contributed by atoms with Crippen LogP contribution in [0.4, 0.5) is 5.13 Å². The third-order valence-electron chi connectivity index (χ3n) is 4.44. The number of carbonyl (C=O) groups excluding carboxylic acids is 2. The summed E-state index contributed by atoms with van der Waals surface area (Å²) in [5.41, 5.74) is 2.05. The van der Waals surface area contributed by atoms with E-state index in [1.807, 2.05) is 37.3 Å². The molecular weight excluding hydrogens is 402 g/mol. The Morgan fingerprint density at radius 3 is 2.50 bits per heavy atom. The minimum absolute atomic E-state index is 0.0958. The second-order valence-electron chi connectivity index (χ2n) is 6.54. The summed E-state index contributed by atoms with van der Waals surface area (Å²) in [6.07, 6.45) is 0.139. The van der Waals surface area contributed by atoms with Crippen LogP contribution >= 0.6 is 11.3 Å². The predicted octanol–water partition coefficient (Wildman–Crippen LogP) is 3.83. The van der Waals surface area contributed by atoms with Gasteiger partial charge in [0.25, 0.3) is 5.91 Å². The minimum atomic E-state index is -0.320. The Morgan fingerprint density at radius 2 is 1.80 bits per heavy atom. The number of methoxy groups -OCH3 is 2. The Hall–Kier alpha value is -3.39. The van der Waals surface area contributed by atoms with E-state index in [-0.39, 0.29) is 24.3 Å². The van der Waals surface area contributed by atoms with Crippen LogP contribution in [0.25, 0.3) is 0 Å². The van der Waals surface area contributed by atoms with E-state index in [1.54, 1.807) is 23.6 Å². The van der Waals surface area contributed by atoms with Crippen molar-refractivity contribution in [1.82, 2.24) is 10.3 Å². The molecular formula is C22H23N3O4S. The molecule has 0 spiro atoms. The third-order valence-corrected chi connectivity index (χ3v) is 5.24. The second kappa shape index (κ2) is 9.89. The van der Waals surface area contributed by atoms with Gasteiger partial charge in [0.15, 0.2) is 16.6 Å². The largest absolute Gasteiger partial charge is 0.493 e. The van der Waals surface area contributed by atoms with Crippen molar-refractivity contribution < 1.29 is 19.1 Å². The summed E-state index contributed by atoms with van der Waals surface area (Å²) in [4.78, 5) is 29.2. The molecule has 3 aromatic rings. The Bertz CT molecular complexity index is 1020. The number of hydrogen-bond acceptors (Lipinski definition) is 6. The van der Waals surface area contributed by atoms with E-state index in [2.05, 4.69) is 15.6 Å². The summed E-state index contributed by atoms with van der Waals surface area (Å²) >= 11 is 1.27. The molecule has 2 N–H and O–H groups in total. The van der Waals surface area contributed by atoms with Crippen molar-refractivity contribution in [3.8, 4) is 11.5 Å². The zero-order valence-electron chi connectivity index (χ0n) is 17.0. The molecule has 0 saturated carbocycles. The Balaban J connectivity index is 1.58. The zero-order chi connectivity index (χ0) is 21.5. The van der Waals surface area contributed by atoms with E-state index in [0.29, 0.717) is 27.9 Å². The zero-order valence-corrected chi connectivity index (χ0v) is 17.8. The average Bonchev–Trinajstić information content (AvgIpc) is 3.20. The van der Waals surface area contributed by atoms with E-state index in [1.165, 1.54) is 25.6 Å². The predicted molar refractivity (Wildman–Crippen MR) is 116 cm³/mol. The van der Waals surface area contributed by atoms with Crippen LogP contribution in [0.15, 0.2) is 53.9 Å². The fourth-order valence-corrected chi connectivity index (χ4v) is 3.58. The maximum atomic E-state index is 12.5. The number of anilines is 1. The molecule has 0 fully saturated rings. The molecule has 30 heavy (non-hydrogen) atoms. The first-order chi connectivity index (χ1) is 14.5. The molecule has 1 heterocycles. The summed E-state index contributed by atoms with van der Waals surface area (Å²) in [6.45, 7) is 1.93. The van der Waals surface area contributed by atoms with Gasteiger partial charge < -0.3 is 14.8 Å². The van der Waals surface area contributed by atoms with Crippen LogP contribution in [0.3, 0.4) is 0 Å². The third kappa shape index (κ3) is 5.36. The molecule has 0 aliphatic carbocycles. The van der Waals surface area contributed by atoms with Crippen LogP contribution in [-0.4, -0.2) is 31.0 Å². The van der Waals surface area contributed by atoms with Crippen LogP contribution in [-0.2, 0) is 11.2 Å².